The molecule has 10 radical (unpaired) electrons. The maximum absolute atomic E-state index is 11.4. The zero-order valence-electron chi connectivity index (χ0n) is 10.8. The van der Waals surface area contributed by atoms with Gasteiger partial charge in [-0.3, -0.25) is 4.79 Å². The number of hydrogen-bond acceptors (Lipinski definition) is 2. The minimum absolute atomic E-state index is 0. The smallest absolute Gasteiger partial charge is 0.461 e. The van der Waals surface area contributed by atoms with Gasteiger partial charge in [0.15, 0.2) is 5.76 Å². The van der Waals surface area contributed by atoms with E-state index in [1.54, 1.807) is 18.2 Å². The quantitative estimate of drug-likeness (QED) is 0.486. The molecule has 3 rings (SSSR count). The molecule has 3 heteroatoms. The van der Waals surface area contributed by atoms with E-state index in [0.717, 1.165) is 5.92 Å². The van der Waals surface area contributed by atoms with E-state index in [2.05, 4.69) is 0 Å². The Kier molecular flexibility index (Phi) is 8.64. The minimum Gasteiger partial charge on any atom is -0.461 e. The van der Waals surface area contributed by atoms with Crippen LogP contribution >= 0.6 is 0 Å². The van der Waals surface area contributed by atoms with E-state index in [1.165, 1.54) is 12.3 Å². The molecule has 0 atom stereocenters. The molecule has 100 valence electrons. The Bertz CT molecular complexity index is 378. The van der Waals surface area contributed by atoms with Crippen LogP contribution in [0.4, 0.5) is 0 Å². The van der Waals surface area contributed by atoms with Crippen LogP contribution in [0.1, 0.15) is 10.6 Å². The first-order valence-electron chi connectivity index (χ1n) is 6.00. The van der Waals surface area contributed by atoms with Crippen LogP contribution in [0, 0.1) is 63.7 Å². The standard InChI is InChI=1S/C12H9O2.C5H5.Fe/c13-11(12-6-3-9-14-12)8-7-10-4-1-2-5-10;1-2-4-5-3-1;/h1-9H;1-5H;/q;;+2/b8-7+;;. The van der Waals surface area contributed by atoms with Crippen LogP contribution in [-0.2, 0) is 17.1 Å². The molecule has 0 bridgehead atoms. The summed E-state index contributed by atoms with van der Waals surface area (Å²) in [7, 11) is 0. The van der Waals surface area contributed by atoms with Crippen LogP contribution in [0.15, 0.2) is 35.0 Å². The summed E-state index contributed by atoms with van der Waals surface area (Å²) in [4.78, 5) is 11.4. The summed E-state index contributed by atoms with van der Waals surface area (Å²) in [5.74, 6) is 1.27. The van der Waals surface area contributed by atoms with Crippen molar-refractivity contribution in [3.63, 3.8) is 0 Å². The second-order valence-electron chi connectivity index (χ2n) is 3.86. The van der Waals surface area contributed by atoms with Gasteiger partial charge in [0.25, 0.3) is 0 Å². The molecule has 0 saturated heterocycles. The van der Waals surface area contributed by atoms with Crippen molar-refractivity contribution in [2.45, 2.75) is 0 Å². The molecular formula is C17H14FeO2+2. The first-order chi connectivity index (χ1) is 9.36. The molecule has 2 fully saturated rings. The number of hydrogen-bond donors (Lipinski definition) is 0. The van der Waals surface area contributed by atoms with E-state index in [-0.39, 0.29) is 22.9 Å². The van der Waals surface area contributed by atoms with Gasteiger partial charge in [-0.05, 0) is 76.0 Å². The average Bonchev–Trinajstić information content (AvgIpc) is 3.21. The first-order valence-corrected chi connectivity index (χ1v) is 6.00. The van der Waals surface area contributed by atoms with Crippen LogP contribution in [-0.4, -0.2) is 5.78 Å². The SMILES string of the molecule is O=C(/C=C/[C]1[CH][CH][CH][CH]1)c1ccco1.[CH]1[CH][CH][CH][CH]1.[Fe+2]. The van der Waals surface area contributed by atoms with E-state index in [9.17, 15) is 4.79 Å². The summed E-state index contributed by atoms with van der Waals surface area (Å²) < 4.78 is 4.96. The predicted octanol–water partition coefficient (Wildman–Crippen LogP) is 3.44. The first kappa shape index (κ1) is 17.3. The van der Waals surface area contributed by atoms with E-state index in [1.807, 2.05) is 57.8 Å². The van der Waals surface area contributed by atoms with Gasteiger partial charge in [0.1, 0.15) is 0 Å². The second kappa shape index (κ2) is 10.0. The Labute approximate surface area is 132 Å². The van der Waals surface area contributed by atoms with Crippen molar-refractivity contribution in [1.29, 1.82) is 0 Å². The summed E-state index contributed by atoms with van der Waals surface area (Å²) in [6.45, 7) is 0. The fourth-order valence-corrected chi connectivity index (χ4v) is 1.49. The number of carbonyl (C=O) groups is 1. The van der Waals surface area contributed by atoms with Gasteiger partial charge < -0.3 is 4.42 Å². The van der Waals surface area contributed by atoms with Crippen LogP contribution in [0.2, 0.25) is 0 Å². The molecule has 2 aliphatic carbocycles. The number of ketones is 1. The molecule has 0 spiro atoms. The van der Waals surface area contributed by atoms with Gasteiger partial charge in [0.05, 0.1) is 6.26 Å². The fourth-order valence-electron chi connectivity index (χ4n) is 1.49. The second-order valence-corrected chi connectivity index (χ2v) is 3.86. The van der Waals surface area contributed by atoms with E-state index in [4.69, 9.17) is 4.42 Å². The maximum atomic E-state index is 11.4. The van der Waals surface area contributed by atoms with E-state index in [0.29, 0.717) is 5.76 Å². The summed E-state index contributed by atoms with van der Waals surface area (Å²) in [6.07, 6.45) is 22.5. The van der Waals surface area contributed by atoms with Gasteiger partial charge in [0, 0.05) is 5.92 Å². The van der Waals surface area contributed by atoms with Gasteiger partial charge in [-0.25, -0.2) is 0 Å². The third kappa shape index (κ3) is 6.11. The molecule has 0 N–H and O–H groups in total. The van der Waals surface area contributed by atoms with Gasteiger partial charge in [-0.15, -0.1) is 0 Å². The molecule has 0 amide bonds. The molecule has 2 nitrogen and oxygen atoms in total. The van der Waals surface area contributed by atoms with Crippen LogP contribution in [0.5, 0.6) is 0 Å². The molecule has 20 heavy (non-hydrogen) atoms. The van der Waals surface area contributed by atoms with Crippen molar-refractivity contribution < 1.29 is 26.3 Å². The topological polar surface area (TPSA) is 30.2 Å². The third-order valence-electron chi connectivity index (χ3n) is 2.44. The molecule has 2 aliphatic rings. The normalized spacial score (nSPS) is 18.6. The van der Waals surface area contributed by atoms with Crippen molar-refractivity contribution in [1.82, 2.24) is 0 Å². The van der Waals surface area contributed by atoms with Crippen LogP contribution in [0.25, 0.3) is 0 Å². The molecule has 1 aromatic heterocycles. The monoisotopic (exact) mass is 306 g/mol. The molecule has 2 saturated carbocycles. The molecule has 0 aliphatic heterocycles. The van der Waals surface area contributed by atoms with Gasteiger partial charge in [-0.1, -0.05) is 6.08 Å². The Morgan fingerprint density at radius 3 is 2.05 bits per heavy atom. The summed E-state index contributed by atoms with van der Waals surface area (Å²) in [5.41, 5.74) is 0. The van der Waals surface area contributed by atoms with Crippen molar-refractivity contribution in [2.75, 3.05) is 0 Å². The van der Waals surface area contributed by atoms with Gasteiger partial charge in [0.2, 0.25) is 5.78 Å². The number of carbonyl (C=O) groups excluding carboxylic acids is 1. The fraction of sp³-hybridized carbons (Fsp3) is 0. The summed E-state index contributed by atoms with van der Waals surface area (Å²) in [5, 5.41) is 0. The van der Waals surface area contributed by atoms with Crippen molar-refractivity contribution in [3.8, 4) is 0 Å². The zero-order chi connectivity index (χ0) is 13.3. The largest absolute Gasteiger partial charge is 2.00 e. The van der Waals surface area contributed by atoms with Crippen molar-refractivity contribution >= 4 is 5.78 Å². The Morgan fingerprint density at radius 2 is 1.55 bits per heavy atom. The number of allylic oxidation sites excluding steroid dienone is 2. The van der Waals surface area contributed by atoms with E-state index < -0.39 is 0 Å². The maximum Gasteiger partial charge on any atom is 2.00 e. The van der Waals surface area contributed by atoms with E-state index >= 15 is 0 Å². The Morgan fingerprint density at radius 1 is 0.950 bits per heavy atom. The summed E-state index contributed by atoms with van der Waals surface area (Å²) in [6, 6.07) is 3.35. The third-order valence-corrected chi connectivity index (χ3v) is 2.44. The Hall–Kier alpha value is -0.791. The molecule has 0 aromatic carbocycles. The number of furan rings is 1. The predicted molar refractivity (Wildman–Crippen MR) is 74.1 cm³/mol. The molecule has 0 unspecified atom stereocenters. The van der Waals surface area contributed by atoms with Crippen molar-refractivity contribution in [3.05, 3.63) is 100 Å². The average molecular weight is 306 g/mol. The molecule has 1 heterocycles. The van der Waals surface area contributed by atoms with Gasteiger partial charge >= 0.3 is 17.1 Å². The van der Waals surface area contributed by atoms with Crippen LogP contribution in [0.3, 0.4) is 0 Å². The zero-order valence-corrected chi connectivity index (χ0v) is 11.9. The number of rotatable bonds is 3. The minimum atomic E-state index is -0.115. The summed E-state index contributed by atoms with van der Waals surface area (Å²) >= 11 is 0. The molecule has 1 aromatic rings. The van der Waals surface area contributed by atoms with Gasteiger partial charge in [-0.2, -0.15) is 0 Å². The van der Waals surface area contributed by atoms with Crippen molar-refractivity contribution in [2.24, 2.45) is 0 Å². The molecular weight excluding hydrogens is 292 g/mol. The Balaban J connectivity index is 0.000000283. The van der Waals surface area contributed by atoms with Crippen LogP contribution < -0.4 is 0 Å².